The van der Waals surface area contributed by atoms with E-state index in [4.69, 9.17) is 16.0 Å². The van der Waals surface area contributed by atoms with Crippen molar-refractivity contribution in [3.8, 4) is 0 Å². The monoisotopic (exact) mass is 406 g/mol. The lowest BCUT2D eigenvalue weighted by Crippen LogP contribution is -2.34. The summed E-state index contributed by atoms with van der Waals surface area (Å²) in [5.41, 5.74) is 3.66. The van der Waals surface area contributed by atoms with E-state index in [0.717, 1.165) is 11.3 Å². The van der Waals surface area contributed by atoms with Crippen LogP contribution in [0, 0.1) is 0 Å². The molecule has 0 saturated carbocycles. The first kappa shape index (κ1) is 19.1. The number of amides is 1. The van der Waals surface area contributed by atoms with Crippen molar-refractivity contribution in [2.45, 2.75) is 25.8 Å². The Bertz CT molecular complexity index is 1140. The number of nitrogens with one attached hydrogen (secondary N) is 1. The Morgan fingerprint density at radius 3 is 2.90 bits per heavy atom. The van der Waals surface area contributed by atoms with Crippen LogP contribution in [-0.2, 0) is 12.8 Å². The second-order valence-corrected chi connectivity index (χ2v) is 7.31. The van der Waals surface area contributed by atoms with E-state index in [1.54, 1.807) is 36.8 Å². The van der Waals surface area contributed by atoms with E-state index >= 15 is 0 Å². The molecule has 7 heteroatoms. The molecule has 0 aliphatic rings. The quantitative estimate of drug-likeness (QED) is 0.518. The molecule has 2 aromatic carbocycles. The van der Waals surface area contributed by atoms with Crippen molar-refractivity contribution in [1.29, 1.82) is 0 Å². The molecule has 0 aliphatic carbocycles. The van der Waals surface area contributed by atoms with Crippen LogP contribution in [0.2, 0.25) is 5.02 Å². The van der Waals surface area contributed by atoms with Crippen LogP contribution in [0.25, 0.3) is 11.1 Å². The maximum Gasteiger partial charge on any atom is 0.251 e. The highest BCUT2D eigenvalue weighted by molar-refractivity contribution is 6.30. The summed E-state index contributed by atoms with van der Waals surface area (Å²) < 4.78 is 5.85. The SMILES string of the molecule is CC(Cc1cnccn1)NC(=O)c1ccc2nc(Cc3cccc(Cl)c3)oc2c1. The van der Waals surface area contributed by atoms with Gasteiger partial charge in [0.05, 0.1) is 5.69 Å². The third-order valence-corrected chi connectivity index (χ3v) is 4.68. The van der Waals surface area contributed by atoms with E-state index in [-0.39, 0.29) is 11.9 Å². The van der Waals surface area contributed by atoms with Crippen LogP contribution in [0.3, 0.4) is 0 Å². The predicted octanol–water partition coefficient (Wildman–Crippen LogP) is 4.22. The predicted molar refractivity (Wildman–Crippen MR) is 111 cm³/mol. The Balaban J connectivity index is 1.46. The Hall–Kier alpha value is -3.25. The van der Waals surface area contributed by atoms with Gasteiger partial charge >= 0.3 is 0 Å². The Kier molecular flexibility index (Phi) is 5.53. The second kappa shape index (κ2) is 8.41. The number of benzene rings is 2. The molecule has 1 amide bonds. The summed E-state index contributed by atoms with van der Waals surface area (Å²) in [6.45, 7) is 1.93. The number of rotatable bonds is 6. The zero-order chi connectivity index (χ0) is 20.2. The number of hydrogen-bond donors (Lipinski definition) is 1. The van der Waals surface area contributed by atoms with Crippen molar-refractivity contribution >= 4 is 28.6 Å². The molecule has 0 fully saturated rings. The molecule has 4 aromatic rings. The molecular weight excluding hydrogens is 388 g/mol. The molecule has 6 nitrogen and oxygen atoms in total. The van der Waals surface area contributed by atoms with Gasteiger partial charge in [0.15, 0.2) is 11.5 Å². The topological polar surface area (TPSA) is 80.9 Å². The summed E-state index contributed by atoms with van der Waals surface area (Å²) in [5.74, 6) is 0.409. The summed E-state index contributed by atoms with van der Waals surface area (Å²) in [7, 11) is 0. The molecule has 0 spiro atoms. The fraction of sp³-hybridized carbons (Fsp3) is 0.182. The molecule has 2 heterocycles. The first-order valence-corrected chi connectivity index (χ1v) is 9.64. The molecule has 0 aliphatic heterocycles. The summed E-state index contributed by atoms with van der Waals surface area (Å²) >= 11 is 6.04. The van der Waals surface area contributed by atoms with Crippen LogP contribution < -0.4 is 5.32 Å². The van der Waals surface area contributed by atoms with Gasteiger partial charge in [0.2, 0.25) is 0 Å². The number of halogens is 1. The van der Waals surface area contributed by atoms with Gasteiger partial charge in [-0.05, 0) is 42.8 Å². The lowest BCUT2D eigenvalue weighted by molar-refractivity contribution is 0.0940. The van der Waals surface area contributed by atoms with Gasteiger partial charge in [-0.3, -0.25) is 14.8 Å². The Morgan fingerprint density at radius 1 is 1.21 bits per heavy atom. The van der Waals surface area contributed by atoms with Gasteiger partial charge < -0.3 is 9.73 Å². The zero-order valence-electron chi connectivity index (χ0n) is 15.8. The lowest BCUT2D eigenvalue weighted by Gasteiger charge is -2.13. The van der Waals surface area contributed by atoms with Crippen molar-refractivity contribution in [1.82, 2.24) is 20.3 Å². The number of oxazole rings is 1. The van der Waals surface area contributed by atoms with Crippen LogP contribution >= 0.6 is 11.6 Å². The van der Waals surface area contributed by atoms with Crippen LogP contribution in [0.1, 0.15) is 34.4 Å². The van der Waals surface area contributed by atoms with Crippen molar-refractivity contribution in [2.75, 3.05) is 0 Å². The average molecular weight is 407 g/mol. The number of fused-ring (bicyclic) bond motifs is 1. The van der Waals surface area contributed by atoms with Crippen LogP contribution in [0.15, 0.2) is 65.5 Å². The first-order valence-electron chi connectivity index (χ1n) is 9.26. The largest absolute Gasteiger partial charge is 0.440 e. The maximum absolute atomic E-state index is 12.6. The number of nitrogens with zero attached hydrogens (tertiary/aromatic N) is 3. The number of carbonyl (C=O) groups excluding carboxylic acids is 1. The molecule has 1 atom stereocenters. The normalized spacial score (nSPS) is 12.1. The minimum absolute atomic E-state index is 0.0805. The molecule has 2 aromatic heterocycles. The van der Waals surface area contributed by atoms with Gasteiger partial charge in [-0.1, -0.05) is 23.7 Å². The number of hydrogen-bond acceptors (Lipinski definition) is 5. The molecule has 1 unspecified atom stereocenters. The zero-order valence-corrected chi connectivity index (χ0v) is 16.6. The molecule has 0 radical (unpaired) electrons. The molecule has 146 valence electrons. The summed E-state index contributed by atoms with van der Waals surface area (Å²) in [6, 6.07) is 12.8. The van der Waals surface area contributed by atoms with E-state index in [1.165, 1.54) is 0 Å². The third-order valence-electron chi connectivity index (χ3n) is 4.45. The smallest absolute Gasteiger partial charge is 0.251 e. The van der Waals surface area contributed by atoms with E-state index in [9.17, 15) is 4.79 Å². The van der Waals surface area contributed by atoms with Crippen LogP contribution in [0.4, 0.5) is 0 Å². The van der Waals surface area contributed by atoms with E-state index in [2.05, 4.69) is 20.3 Å². The van der Waals surface area contributed by atoms with E-state index in [1.807, 2.05) is 31.2 Å². The average Bonchev–Trinajstić information content (AvgIpc) is 3.10. The maximum atomic E-state index is 12.6. The van der Waals surface area contributed by atoms with E-state index < -0.39 is 0 Å². The van der Waals surface area contributed by atoms with Crippen LogP contribution in [-0.4, -0.2) is 26.9 Å². The lowest BCUT2D eigenvalue weighted by atomic mass is 10.1. The molecule has 0 bridgehead atoms. The second-order valence-electron chi connectivity index (χ2n) is 6.87. The Labute approximate surface area is 173 Å². The minimum atomic E-state index is -0.170. The molecule has 1 N–H and O–H groups in total. The molecular formula is C22H19ClN4O2. The van der Waals surface area contributed by atoms with Crippen molar-refractivity contribution < 1.29 is 9.21 Å². The standard InChI is InChI=1S/C22H19ClN4O2/c1-14(9-18-13-24-7-8-25-18)26-22(28)16-5-6-19-20(12-16)29-21(27-19)11-15-3-2-4-17(23)10-15/h2-8,10,12-14H,9,11H2,1H3,(H,26,28). The fourth-order valence-corrected chi connectivity index (χ4v) is 3.33. The summed E-state index contributed by atoms with van der Waals surface area (Å²) in [6.07, 6.45) is 6.10. The van der Waals surface area contributed by atoms with Crippen molar-refractivity contribution in [3.05, 3.63) is 88.8 Å². The van der Waals surface area contributed by atoms with Gasteiger partial charge in [-0.25, -0.2) is 4.98 Å². The van der Waals surface area contributed by atoms with Crippen molar-refractivity contribution in [3.63, 3.8) is 0 Å². The first-order chi connectivity index (χ1) is 14.1. The molecule has 0 saturated heterocycles. The fourth-order valence-electron chi connectivity index (χ4n) is 3.12. The number of carbonyl (C=O) groups is 1. The third kappa shape index (κ3) is 4.78. The molecule has 4 rings (SSSR count). The van der Waals surface area contributed by atoms with Gasteiger partial charge in [0.1, 0.15) is 5.52 Å². The van der Waals surface area contributed by atoms with Gasteiger partial charge in [0, 0.05) is 48.1 Å². The van der Waals surface area contributed by atoms with Gasteiger partial charge in [-0.15, -0.1) is 0 Å². The van der Waals surface area contributed by atoms with E-state index in [0.29, 0.717) is 40.4 Å². The number of aromatic nitrogens is 3. The summed E-state index contributed by atoms with van der Waals surface area (Å²) in [5, 5.41) is 3.65. The molecule has 29 heavy (non-hydrogen) atoms. The van der Waals surface area contributed by atoms with Crippen molar-refractivity contribution in [2.24, 2.45) is 0 Å². The highest BCUT2D eigenvalue weighted by atomic mass is 35.5. The van der Waals surface area contributed by atoms with Gasteiger partial charge in [0.25, 0.3) is 5.91 Å². The van der Waals surface area contributed by atoms with Gasteiger partial charge in [-0.2, -0.15) is 0 Å². The van der Waals surface area contributed by atoms with Crippen LogP contribution in [0.5, 0.6) is 0 Å². The summed E-state index contributed by atoms with van der Waals surface area (Å²) in [4.78, 5) is 25.4. The Morgan fingerprint density at radius 2 is 2.10 bits per heavy atom. The highest BCUT2D eigenvalue weighted by Crippen LogP contribution is 2.21. The minimum Gasteiger partial charge on any atom is -0.440 e. The highest BCUT2D eigenvalue weighted by Gasteiger charge is 2.14.